The van der Waals surface area contributed by atoms with Crippen LogP contribution in [0.4, 0.5) is 0 Å². The van der Waals surface area contributed by atoms with Gasteiger partial charge in [-0.1, -0.05) is 18.2 Å². The molecular formula is C15H20N2OS. The smallest absolute Gasteiger partial charge is 0.233 e. The Bertz CT molecular complexity index is 432. The lowest BCUT2D eigenvalue weighted by Crippen LogP contribution is -2.35. The quantitative estimate of drug-likeness (QED) is 0.883. The number of hydrogen-bond donors (Lipinski definition) is 2. The minimum Gasteiger partial charge on any atom is -0.355 e. The van der Waals surface area contributed by atoms with Gasteiger partial charge in [-0.3, -0.25) is 4.79 Å². The van der Waals surface area contributed by atoms with Gasteiger partial charge in [0.1, 0.15) is 0 Å². The highest BCUT2D eigenvalue weighted by atomic mass is 32.2. The molecule has 1 unspecified atom stereocenters. The van der Waals surface area contributed by atoms with Crippen LogP contribution >= 0.6 is 11.8 Å². The molecule has 1 aromatic carbocycles. The first-order chi connectivity index (χ1) is 9.33. The Morgan fingerprint density at radius 3 is 3.11 bits per heavy atom. The maximum Gasteiger partial charge on any atom is 0.233 e. The molecule has 2 N–H and O–H groups in total. The fourth-order valence-electron chi connectivity index (χ4n) is 2.81. The summed E-state index contributed by atoms with van der Waals surface area (Å²) in [5.74, 6) is 0.194. The molecule has 102 valence electrons. The van der Waals surface area contributed by atoms with Gasteiger partial charge in [-0.15, -0.1) is 11.8 Å². The van der Waals surface area contributed by atoms with Crippen molar-refractivity contribution < 1.29 is 4.79 Å². The molecule has 0 aromatic heterocycles. The average Bonchev–Trinajstić information content (AvgIpc) is 3.07. The molecule has 3 nitrogen and oxygen atoms in total. The number of benzene rings is 1. The first kappa shape index (κ1) is 13.0. The molecular weight excluding hydrogens is 256 g/mol. The van der Waals surface area contributed by atoms with Crippen LogP contribution in [-0.2, 0) is 11.2 Å². The van der Waals surface area contributed by atoms with E-state index >= 15 is 0 Å². The van der Waals surface area contributed by atoms with E-state index in [2.05, 4.69) is 22.8 Å². The Hall–Kier alpha value is -1.00. The van der Waals surface area contributed by atoms with Crippen LogP contribution in [0.3, 0.4) is 0 Å². The van der Waals surface area contributed by atoms with Crippen LogP contribution in [0.5, 0.6) is 0 Å². The lowest BCUT2D eigenvalue weighted by Gasteiger charge is -2.13. The zero-order valence-corrected chi connectivity index (χ0v) is 11.8. The van der Waals surface area contributed by atoms with Gasteiger partial charge in [0.2, 0.25) is 5.91 Å². The van der Waals surface area contributed by atoms with E-state index in [-0.39, 0.29) is 11.2 Å². The predicted octanol–water partition coefficient (Wildman–Crippen LogP) is 1.96. The van der Waals surface area contributed by atoms with Crippen LogP contribution in [0.15, 0.2) is 29.2 Å². The van der Waals surface area contributed by atoms with Crippen LogP contribution in [0, 0.1) is 0 Å². The molecule has 0 bridgehead atoms. The SMILES string of the molecule is O=C(NCC[C@@H]1CCCN1)C1Cc2ccccc2S1. The molecule has 1 aromatic rings. The second kappa shape index (κ2) is 5.97. The predicted molar refractivity (Wildman–Crippen MR) is 78.4 cm³/mol. The highest BCUT2D eigenvalue weighted by Gasteiger charge is 2.27. The van der Waals surface area contributed by atoms with Crippen LogP contribution in [0.1, 0.15) is 24.8 Å². The molecule has 1 fully saturated rings. The lowest BCUT2D eigenvalue weighted by molar-refractivity contribution is -0.120. The van der Waals surface area contributed by atoms with Crippen LogP contribution in [-0.4, -0.2) is 30.3 Å². The molecule has 0 radical (unpaired) electrons. The summed E-state index contributed by atoms with van der Waals surface area (Å²) in [6.45, 7) is 1.93. The zero-order chi connectivity index (χ0) is 13.1. The maximum absolute atomic E-state index is 12.1. The van der Waals surface area contributed by atoms with Gasteiger partial charge in [-0.2, -0.15) is 0 Å². The molecule has 0 aliphatic carbocycles. The third kappa shape index (κ3) is 3.12. The standard InChI is InChI=1S/C15H20N2OS/c18-15(17-9-7-12-5-3-8-16-12)14-10-11-4-1-2-6-13(11)19-14/h1-2,4,6,12,14,16H,3,5,7-10H2,(H,17,18)/t12-,14?/m0/s1. The summed E-state index contributed by atoms with van der Waals surface area (Å²) in [6.07, 6.45) is 4.44. The molecule has 1 saturated heterocycles. The summed E-state index contributed by atoms with van der Waals surface area (Å²) in [6, 6.07) is 8.92. The van der Waals surface area contributed by atoms with E-state index in [1.165, 1.54) is 23.3 Å². The largest absolute Gasteiger partial charge is 0.355 e. The van der Waals surface area contributed by atoms with Gasteiger partial charge in [-0.25, -0.2) is 0 Å². The van der Waals surface area contributed by atoms with E-state index < -0.39 is 0 Å². The average molecular weight is 276 g/mol. The molecule has 2 aliphatic heterocycles. The second-order valence-corrected chi connectivity index (χ2v) is 6.54. The van der Waals surface area contributed by atoms with Crippen molar-refractivity contribution in [1.82, 2.24) is 10.6 Å². The summed E-state index contributed by atoms with van der Waals surface area (Å²) < 4.78 is 0. The fourth-order valence-corrected chi connectivity index (χ4v) is 4.03. The number of rotatable bonds is 4. The number of nitrogens with one attached hydrogen (secondary N) is 2. The van der Waals surface area contributed by atoms with Crippen LogP contribution in [0.2, 0.25) is 0 Å². The Kier molecular flexibility index (Phi) is 4.09. The molecule has 3 rings (SSSR count). The highest BCUT2D eigenvalue weighted by molar-refractivity contribution is 8.01. The van der Waals surface area contributed by atoms with Gasteiger partial charge in [0.15, 0.2) is 0 Å². The highest BCUT2D eigenvalue weighted by Crippen LogP contribution is 2.36. The lowest BCUT2D eigenvalue weighted by atomic mass is 10.1. The Morgan fingerprint density at radius 1 is 1.42 bits per heavy atom. The fraction of sp³-hybridized carbons (Fsp3) is 0.533. The van der Waals surface area contributed by atoms with Gasteiger partial charge in [0.05, 0.1) is 5.25 Å². The number of hydrogen-bond acceptors (Lipinski definition) is 3. The number of thioether (sulfide) groups is 1. The van der Waals surface area contributed by atoms with E-state index in [1.807, 2.05) is 12.1 Å². The Labute approximate surface area is 118 Å². The first-order valence-corrected chi connectivity index (χ1v) is 7.96. The van der Waals surface area contributed by atoms with Crippen molar-refractivity contribution in [2.75, 3.05) is 13.1 Å². The molecule has 19 heavy (non-hydrogen) atoms. The van der Waals surface area contributed by atoms with Crippen LogP contribution < -0.4 is 10.6 Å². The Balaban J connectivity index is 1.44. The van der Waals surface area contributed by atoms with Gasteiger partial charge < -0.3 is 10.6 Å². The third-order valence-electron chi connectivity index (χ3n) is 3.89. The number of carbonyl (C=O) groups excluding carboxylic acids is 1. The minimum absolute atomic E-state index is 0.0638. The monoisotopic (exact) mass is 276 g/mol. The topological polar surface area (TPSA) is 41.1 Å². The molecule has 4 heteroatoms. The second-order valence-electron chi connectivity index (χ2n) is 5.29. The summed E-state index contributed by atoms with van der Waals surface area (Å²) in [7, 11) is 0. The molecule has 2 atom stereocenters. The normalized spacial score (nSPS) is 25.3. The van der Waals surface area contributed by atoms with Gasteiger partial charge in [0.25, 0.3) is 0 Å². The summed E-state index contributed by atoms with van der Waals surface area (Å²) in [5, 5.41) is 6.61. The molecule has 0 saturated carbocycles. The molecule has 0 spiro atoms. The third-order valence-corrected chi connectivity index (χ3v) is 5.21. The maximum atomic E-state index is 12.1. The van der Waals surface area contributed by atoms with Crippen LogP contribution in [0.25, 0.3) is 0 Å². The number of fused-ring (bicyclic) bond motifs is 1. The van der Waals surface area contributed by atoms with E-state index in [4.69, 9.17) is 0 Å². The van der Waals surface area contributed by atoms with Crippen molar-refractivity contribution in [3.8, 4) is 0 Å². The van der Waals surface area contributed by atoms with E-state index in [9.17, 15) is 4.79 Å². The summed E-state index contributed by atoms with van der Waals surface area (Å²) >= 11 is 1.70. The van der Waals surface area contributed by atoms with Gasteiger partial charge in [0, 0.05) is 17.5 Å². The van der Waals surface area contributed by atoms with Crippen molar-refractivity contribution >= 4 is 17.7 Å². The molecule has 2 heterocycles. The van der Waals surface area contributed by atoms with Crippen molar-refractivity contribution in [2.24, 2.45) is 0 Å². The van der Waals surface area contributed by atoms with E-state index in [0.29, 0.717) is 6.04 Å². The van der Waals surface area contributed by atoms with Crippen molar-refractivity contribution in [3.05, 3.63) is 29.8 Å². The minimum atomic E-state index is 0.0638. The van der Waals surface area contributed by atoms with Crippen molar-refractivity contribution in [1.29, 1.82) is 0 Å². The van der Waals surface area contributed by atoms with Crippen molar-refractivity contribution in [2.45, 2.75) is 41.9 Å². The van der Waals surface area contributed by atoms with E-state index in [0.717, 1.165) is 25.9 Å². The molecule has 1 amide bonds. The van der Waals surface area contributed by atoms with Gasteiger partial charge >= 0.3 is 0 Å². The number of carbonyl (C=O) groups is 1. The Morgan fingerprint density at radius 2 is 2.32 bits per heavy atom. The van der Waals surface area contributed by atoms with Gasteiger partial charge in [-0.05, 0) is 43.9 Å². The number of amides is 1. The zero-order valence-electron chi connectivity index (χ0n) is 11.0. The first-order valence-electron chi connectivity index (χ1n) is 7.08. The van der Waals surface area contributed by atoms with Crippen molar-refractivity contribution in [3.63, 3.8) is 0 Å². The van der Waals surface area contributed by atoms with E-state index in [1.54, 1.807) is 11.8 Å². The summed E-state index contributed by atoms with van der Waals surface area (Å²) in [4.78, 5) is 13.4. The summed E-state index contributed by atoms with van der Waals surface area (Å²) in [5.41, 5.74) is 1.31. The molecule has 2 aliphatic rings.